The highest BCUT2D eigenvalue weighted by Gasteiger charge is 2.36. The zero-order valence-electron chi connectivity index (χ0n) is 11.5. The van der Waals surface area contributed by atoms with Crippen LogP contribution in [0, 0.1) is 0 Å². The van der Waals surface area contributed by atoms with Crippen LogP contribution in [0.25, 0.3) is 0 Å². The molecule has 2 fully saturated rings. The fourth-order valence-corrected chi connectivity index (χ4v) is 2.64. The van der Waals surface area contributed by atoms with Crippen LogP contribution in [-0.2, 0) is 9.59 Å². The lowest BCUT2D eigenvalue weighted by Gasteiger charge is -2.16. The normalized spacial score (nSPS) is 22.3. The summed E-state index contributed by atoms with van der Waals surface area (Å²) in [6.45, 7) is 1.76. The van der Waals surface area contributed by atoms with E-state index in [2.05, 4.69) is 20.3 Å². The topological polar surface area (TPSA) is 91.3 Å². The molecule has 1 aromatic heterocycles. The number of anilines is 2. The maximum Gasteiger partial charge on any atom is 0.252 e. The third kappa shape index (κ3) is 2.76. The van der Waals surface area contributed by atoms with E-state index in [9.17, 15) is 9.59 Å². The summed E-state index contributed by atoms with van der Waals surface area (Å²) >= 11 is 5.92. The van der Waals surface area contributed by atoms with Gasteiger partial charge in [0.15, 0.2) is 0 Å². The predicted octanol–water partition coefficient (Wildman–Crippen LogP) is 0.294. The molecule has 1 aromatic rings. The number of likely N-dealkylation sites (N-methyl/N-ethyl adjacent to an activating group) is 1. The van der Waals surface area contributed by atoms with Crippen LogP contribution in [0.2, 0.25) is 5.28 Å². The standard InChI is InChI=1S/C12H15ClN6O2/c1-18-8(20)6-7(9(18)21)14-11-15-10(13)16-12(17-11)19-4-2-3-5-19/h7H,2-6H2,1H3,(H,14,15,16,17). The average Bonchev–Trinajstić information content (AvgIpc) is 3.05. The van der Waals surface area contributed by atoms with Crippen LogP contribution in [0.5, 0.6) is 0 Å². The molecule has 21 heavy (non-hydrogen) atoms. The lowest BCUT2D eigenvalue weighted by molar-refractivity contribution is -0.136. The van der Waals surface area contributed by atoms with Gasteiger partial charge in [-0.2, -0.15) is 15.0 Å². The second-order valence-corrected chi connectivity index (χ2v) is 5.45. The molecule has 0 radical (unpaired) electrons. The van der Waals surface area contributed by atoms with Gasteiger partial charge in [-0.1, -0.05) is 0 Å². The number of hydrogen-bond acceptors (Lipinski definition) is 7. The molecular formula is C12H15ClN6O2. The van der Waals surface area contributed by atoms with Crippen molar-refractivity contribution in [3.63, 3.8) is 0 Å². The second kappa shape index (κ2) is 5.44. The van der Waals surface area contributed by atoms with Crippen molar-refractivity contribution >= 4 is 35.3 Å². The number of rotatable bonds is 3. The Hall–Kier alpha value is -1.96. The highest BCUT2D eigenvalue weighted by Crippen LogP contribution is 2.20. The predicted molar refractivity (Wildman–Crippen MR) is 76.1 cm³/mol. The van der Waals surface area contributed by atoms with Gasteiger partial charge in [0, 0.05) is 20.1 Å². The van der Waals surface area contributed by atoms with Crippen molar-refractivity contribution in [3.8, 4) is 0 Å². The van der Waals surface area contributed by atoms with Crippen LogP contribution in [0.15, 0.2) is 0 Å². The lowest BCUT2D eigenvalue weighted by atomic mass is 10.2. The van der Waals surface area contributed by atoms with Crippen LogP contribution >= 0.6 is 11.6 Å². The van der Waals surface area contributed by atoms with Crippen LogP contribution in [0.4, 0.5) is 11.9 Å². The van der Waals surface area contributed by atoms with Gasteiger partial charge >= 0.3 is 0 Å². The molecule has 9 heteroatoms. The molecule has 1 N–H and O–H groups in total. The maximum atomic E-state index is 11.9. The van der Waals surface area contributed by atoms with E-state index in [1.54, 1.807) is 0 Å². The van der Waals surface area contributed by atoms with E-state index in [4.69, 9.17) is 11.6 Å². The molecule has 0 bridgehead atoms. The summed E-state index contributed by atoms with van der Waals surface area (Å²) in [7, 11) is 1.46. The zero-order valence-corrected chi connectivity index (χ0v) is 12.3. The zero-order chi connectivity index (χ0) is 15.0. The molecule has 0 saturated carbocycles. The van der Waals surface area contributed by atoms with E-state index < -0.39 is 6.04 Å². The van der Waals surface area contributed by atoms with E-state index in [1.165, 1.54) is 7.05 Å². The van der Waals surface area contributed by atoms with Crippen LogP contribution in [0.3, 0.4) is 0 Å². The molecule has 0 aliphatic carbocycles. The molecule has 2 aliphatic heterocycles. The number of nitrogens with zero attached hydrogens (tertiary/aromatic N) is 5. The highest BCUT2D eigenvalue weighted by atomic mass is 35.5. The first kappa shape index (κ1) is 14.0. The molecule has 1 atom stereocenters. The van der Waals surface area contributed by atoms with Crippen molar-refractivity contribution in [1.29, 1.82) is 0 Å². The minimum atomic E-state index is -0.646. The molecule has 3 heterocycles. The Bertz CT molecular complexity index is 589. The van der Waals surface area contributed by atoms with E-state index in [1.807, 2.05) is 4.90 Å². The van der Waals surface area contributed by atoms with Crippen molar-refractivity contribution in [1.82, 2.24) is 19.9 Å². The lowest BCUT2D eigenvalue weighted by Crippen LogP contribution is -2.32. The molecule has 3 rings (SSSR count). The van der Waals surface area contributed by atoms with Crippen molar-refractivity contribution < 1.29 is 9.59 Å². The summed E-state index contributed by atoms with van der Waals surface area (Å²) in [4.78, 5) is 38.9. The summed E-state index contributed by atoms with van der Waals surface area (Å²) in [6, 6.07) is -0.646. The van der Waals surface area contributed by atoms with Crippen LogP contribution < -0.4 is 10.2 Å². The van der Waals surface area contributed by atoms with E-state index in [0.717, 1.165) is 30.8 Å². The van der Waals surface area contributed by atoms with Gasteiger partial charge in [-0.15, -0.1) is 0 Å². The average molecular weight is 311 g/mol. The number of halogens is 1. The van der Waals surface area contributed by atoms with Crippen LogP contribution in [-0.4, -0.2) is 57.8 Å². The molecule has 2 saturated heterocycles. The first-order valence-corrected chi connectivity index (χ1v) is 7.16. The molecule has 0 aromatic carbocycles. The third-order valence-electron chi connectivity index (χ3n) is 3.67. The largest absolute Gasteiger partial charge is 0.342 e. The number of carbonyl (C=O) groups excluding carboxylic acids is 2. The van der Waals surface area contributed by atoms with Gasteiger partial charge < -0.3 is 10.2 Å². The minimum Gasteiger partial charge on any atom is -0.342 e. The van der Waals surface area contributed by atoms with E-state index >= 15 is 0 Å². The molecule has 1 unspecified atom stereocenters. The molecule has 2 amide bonds. The van der Waals surface area contributed by atoms with Crippen molar-refractivity contribution in [2.24, 2.45) is 0 Å². The van der Waals surface area contributed by atoms with Gasteiger partial charge in [-0.05, 0) is 24.4 Å². The Morgan fingerprint density at radius 3 is 2.52 bits per heavy atom. The van der Waals surface area contributed by atoms with E-state index in [-0.39, 0.29) is 29.5 Å². The summed E-state index contributed by atoms with van der Waals surface area (Å²) < 4.78 is 0. The SMILES string of the molecule is CN1C(=O)CC(Nc2nc(Cl)nc(N3CCCC3)n2)C1=O. The van der Waals surface area contributed by atoms with Crippen LogP contribution in [0.1, 0.15) is 19.3 Å². The Morgan fingerprint density at radius 2 is 1.90 bits per heavy atom. The van der Waals surface area contributed by atoms with Gasteiger partial charge in [0.25, 0.3) is 5.91 Å². The number of imide groups is 1. The summed E-state index contributed by atoms with van der Waals surface area (Å²) in [5.74, 6) is 0.204. The third-order valence-corrected chi connectivity index (χ3v) is 3.84. The smallest absolute Gasteiger partial charge is 0.252 e. The van der Waals surface area contributed by atoms with Crippen molar-refractivity contribution in [2.45, 2.75) is 25.3 Å². The van der Waals surface area contributed by atoms with E-state index in [0.29, 0.717) is 5.95 Å². The number of carbonyl (C=O) groups is 2. The minimum absolute atomic E-state index is 0.0690. The number of amides is 2. The monoisotopic (exact) mass is 310 g/mol. The van der Waals surface area contributed by atoms with Gasteiger partial charge in [-0.25, -0.2) is 0 Å². The van der Waals surface area contributed by atoms with Gasteiger partial charge in [0.1, 0.15) is 6.04 Å². The fourth-order valence-electron chi connectivity index (χ4n) is 2.49. The Kier molecular flexibility index (Phi) is 3.62. The Morgan fingerprint density at radius 1 is 1.19 bits per heavy atom. The quantitative estimate of drug-likeness (QED) is 0.802. The first-order chi connectivity index (χ1) is 10.0. The second-order valence-electron chi connectivity index (χ2n) is 5.11. The summed E-state index contributed by atoms with van der Waals surface area (Å²) in [6.07, 6.45) is 2.27. The Balaban J connectivity index is 1.79. The number of nitrogens with one attached hydrogen (secondary N) is 1. The van der Waals surface area contributed by atoms with Gasteiger partial charge in [0.2, 0.25) is 23.1 Å². The van der Waals surface area contributed by atoms with Crippen molar-refractivity contribution in [2.75, 3.05) is 30.4 Å². The molecule has 112 valence electrons. The summed E-state index contributed by atoms with van der Waals surface area (Å²) in [5.41, 5.74) is 0. The first-order valence-electron chi connectivity index (χ1n) is 6.78. The number of likely N-dealkylation sites (tertiary alicyclic amines) is 1. The Labute approximate surface area is 126 Å². The molecule has 8 nitrogen and oxygen atoms in total. The molecule has 2 aliphatic rings. The molecule has 0 spiro atoms. The maximum absolute atomic E-state index is 11.9. The summed E-state index contributed by atoms with van der Waals surface area (Å²) in [5, 5.41) is 2.94. The fraction of sp³-hybridized carbons (Fsp3) is 0.583. The number of aromatic nitrogens is 3. The van der Waals surface area contributed by atoms with Crippen molar-refractivity contribution in [3.05, 3.63) is 5.28 Å². The molecular weight excluding hydrogens is 296 g/mol. The van der Waals surface area contributed by atoms with Gasteiger partial charge in [0.05, 0.1) is 6.42 Å². The number of hydrogen-bond donors (Lipinski definition) is 1. The highest BCUT2D eigenvalue weighted by molar-refractivity contribution is 6.28. The van der Waals surface area contributed by atoms with Gasteiger partial charge in [-0.3, -0.25) is 14.5 Å².